The van der Waals surface area contributed by atoms with Gasteiger partial charge in [-0.1, -0.05) is 36.4 Å². The molecule has 2 aliphatic rings. The second-order valence-corrected chi connectivity index (χ2v) is 12.1. The van der Waals surface area contributed by atoms with Crippen molar-refractivity contribution < 1.29 is 28.7 Å². The van der Waals surface area contributed by atoms with Crippen molar-refractivity contribution in [2.75, 3.05) is 13.2 Å². The number of para-hydroxylation sites is 2. The maximum Gasteiger partial charge on any atom is 0.150 e. The largest absolute Gasteiger partial charge is 0.493 e. The normalized spacial score (nSPS) is 13.1. The summed E-state index contributed by atoms with van der Waals surface area (Å²) in [7, 11) is 0. The SMILES string of the molecule is O=Cc1cc(C=O)c(-c2ccccc2OCCCCCCOc2ccccc2-c2c(C=O)cc(C=O)c3c2CCC3)c2c1CCC2. The molecule has 6 rings (SSSR count). The first-order valence-corrected chi connectivity index (χ1v) is 16.3. The number of carbonyl (C=O) groups is 4. The molecule has 0 bridgehead atoms. The van der Waals surface area contributed by atoms with Crippen LogP contribution in [0.5, 0.6) is 11.5 Å². The summed E-state index contributed by atoms with van der Waals surface area (Å²) in [6, 6.07) is 19.1. The average molecular weight is 615 g/mol. The Balaban J connectivity index is 1.05. The Hall–Kier alpha value is -4.84. The van der Waals surface area contributed by atoms with Gasteiger partial charge in [-0.2, -0.15) is 0 Å². The van der Waals surface area contributed by atoms with E-state index in [-0.39, 0.29) is 0 Å². The molecule has 0 saturated carbocycles. The number of fused-ring (bicyclic) bond motifs is 2. The number of benzene rings is 4. The van der Waals surface area contributed by atoms with Crippen molar-refractivity contribution in [2.24, 2.45) is 0 Å². The van der Waals surface area contributed by atoms with Crippen molar-refractivity contribution in [2.45, 2.75) is 64.2 Å². The summed E-state index contributed by atoms with van der Waals surface area (Å²) in [4.78, 5) is 47.5. The van der Waals surface area contributed by atoms with Gasteiger partial charge in [-0.15, -0.1) is 0 Å². The highest BCUT2D eigenvalue weighted by molar-refractivity contribution is 5.96. The number of hydrogen-bond donors (Lipinski definition) is 0. The standard InChI is InChI=1S/C40H38O6/c41-23-27-21-29(25-43)39(33-15-9-13-31(27)33)35-11-3-5-17-37(35)45-19-7-1-2-8-20-46-38-18-6-4-12-36(38)40-30(26-44)22-28(24-42)32-14-10-16-34(32)40/h3-6,11-12,17-18,21-26H,1-2,7-10,13-16,19-20H2. The quantitative estimate of drug-likeness (QED) is 0.0990. The minimum atomic E-state index is 0.533. The lowest BCUT2D eigenvalue weighted by Gasteiger charge is -2.18. The van der Waals surface area contributed by atoms with Gasteiger partial charge in [0.15, 0.2) is 12.6 Å². The average Bonchev–Trinajstić information content (AvgIpc) is 3.79. The zero-order valence-corrected chi connectivity index (χ0v) is 26.0. The van der Waals surface area contributed by atoms with E-state index < -0.39 is 0 Å². The van der Waals surface area contributed by atoms with E-state index in [1.165, 1.54) is 0 Å². The highest BCUT2D eigenvalue weighted by Gasteiger charge is 2.25. The lowest BCUT2D eigenvalue weighted by Crippen LogP contribution is -2.04. The highest BCUT2D eigenvalue weighted by Crippen LogP contribution is 2.42. The van der Waals surface area contributed by atoms with Gasteiger partial charge < -0.3 is 9.47 Å². The number of ether oxygens (including phenoxy) is 2. The highest BCUT2D eigenvalue weighted by atomic mass is 16.5. The van der Waals surface area contributed by atoms with E-state index in [0.717, 1.165) is 145 Å². The maximum absolute atomic E-state index is 12.1. The first-order valence-electron chi connectivity index (χ1n) is 16.3. The van der Waals surface area contributed by atoms with Crippen LogP contribution in [0.4, 0.5) is 0 Å². The summed E-state index contributed by atoms with van der Waals surface area (Å²) in [5.74, 6) is 1.50. The predicted octanol–water partition coefficient (Wildman–Crippen LogP) is 8.27. The van der Waals surface area contributed by atoms with Gasteiger partial charge >= 0.3 is 0 Å². The van der Waals surface area contributed by atoms with Gasteiger partial charge in [0.1, 0.15) is 24.1 Å². The monoisotopic (exact) mass is 614 g/mol. The summed E-state index contributed by atoms with van der Waals surface area (Å²) >= 11 is 0. The molecular weight excluding hydrogens is 576 g/mol. The van der Waals surface area contributed by atoms with Crippen LogP contribution < -0.4 is 9.47 Å². The van der Waals surface area contributed by atoms with Crippen LogP contribution in [-0.2, 0) is 25.7 Å². The van der Waals surface area contributed by atoms with E-state index in [1.54, 1.807) is 12.1 Å². The van der Waals surface area contributed by atoms with E-state index in [4.69, 9.17) is 9.47 Å². The summed E-state index contributed by atoms with van der Waals surface area (Å²) in [6.07, 6.45) is 12.5. The fourth-order valence-electron chi connectivity index (χ4n) is 7.23. The van der Waals surface area contributed by atoms with Crippen molar-refractivity contribution >= 4 is 25.1 Å². The molecule has 4 aromatic rings. The minimum absolute atomic E-state index is 0.533. The van der Waals surface area contributed by atoms with Crippen LogP contribution in [-0.4, -0.2) is 38.4 Å². The van der Waals surface area contributed by atoms with Gasteiger partial charge in [-0.3, -0.25) is 19.2 Å². The van der Waals surface area contributed by atoms with Crippen LogP contribution in [0.3, 0.4) is 0 Å². The molecule has 46 heavy (non-hydrogen) atoms. The lowest BCUT2D eigenvalue weighted by atomic mass is 9.89. The van der Waals surface area contributed by atoms with Crippen molar-refractivity contribution in [3.8, 4) is 33.8 Å². The van der Waals surface area contributed by atoms with E-state index in [2.05, 4.69) is 0 Å². The molecule has 0 heterocycles. The Morgan fingerprint density at radius 1 is 0.478 bits per heavy atom. The van der Waals surface area contributed by atoms with Gasteiger partial charge in [-0.25, -0.2) is 0 Å². The molecule has 0 radical (unpaired) electrons. The fourth-order valence-corrected chi connectivity index (χ4v) is 7.23. The molecule has 234 valence electrons. The van der Waals surface area contributed by atoms with Crippen molar-refractivity contribution in [1.29, 1.82) is 0 Å². The van der Waals surface area contributed by atoms with E-state index in [1.807, 2.05) is 48.5 Å². The number of rotatable bonds is 15. The summed E-state index contributed by atoms with van der Waals surface area (Å²) in [6.45, 7) is 1.12. The third-order valence-corrected chi connectivity index (χ3v) is 9.31. The maximum atomic E-state index is 12.1. The second-order valence-electron chi connectivity index (χ2n) is 12.1. The topological polar surface area (TPSA) is 86.7 Å². The molecule has 0 unspecified atom stereocenters. The molecule has 4 aromatic carbocycles. The van der Waals surface area contributed by atoms with Crippen LogP contribution >= 0.6 is 0 Å². The van der Waals surface area contributed by atoms with E-state index in [9.17, 15) is 19.2 Å². The molecule has 2 aliphatic carbocycles. The number of hydrogen-bond acceptors (Lipinski definition) is 6. The predicted molar refractivity (Wildman–Crippen MR) is 179 cm³/mol. The number of carbonyl (C=O) groups excluding carboxylic acids is 4. The van der Waals surface area contributed by atoms with Crippen LogP contribution in [0, 0.1) is 0 Å². The molecular formula is C40H38O6. The molecule has 0 atom stereocenters. The zero-order chi connectivity index (χ0) is 31.9. The van der Waals surface area contributed by atoms with Crippen LogP contribution in [0.15, 0.2) is 60.7 Å². The Kier molecular flexibility index (Phi) is 9.82. The van der Waals surface area contributed by atoms with Gasteiger partial charge in [0.25, 0.3) is 0 Å². The molecule has 0 N–H and O–H groups in total. The Labute approximate surface area is 269 Å². The molecule has 6 nitrogen and oxygen atoms in total. The summed E-state index contributed by atoms with van der Waals surface area (Å²) < 4.78 is 12.5. The van der Waals surface area contributed by atoms with Crippen LogP contribution in [0.2, 0.25) is 0 Å². The van der Waals surface area contributed by atoms with Crippen molar-refractivity contribution in [3.63, 3.8) is 0 Å². The van der Waals surface area contributed by atoms with Crippen molar-refractivity contribution in [1.82, 2.24) is 0 Å². The first-order chi connectivity index (χ1) is 22.7. The van der Waals surface area contributed by atoms with E-state index in [0.29, 0.717) is 35.5 Å². The Morgan fingerprint density at radius 2 is 0.870 bits per heavy atom. The molecule has 0 aliphatic heterocycles. The molecule has 0 aromatic heterocycles. The first kappa shape index (κ1) is 31.2. The molecule has 0 spiro atoms. The smallest absolute Gasteiger partial charge is 0.150 e. The van der Waals surface area contributed by atoms with Gasteiger partial charge in [0.05, 0.1) is 13.2 Å². The molecule has 0 fully saturated rings. The van der Waals surface area contributed by atoms with Crippen LogP contribution in [0.1, 0.15) is 102 Å². The lowest BCUT2D eigenvalue weighted by molar-refractivity contribution is 0.110. The van der Waals surface area contributed by atoms with Gasteiger partial charge in [-0.05, 0) is 122 Å². The number of aldehydes is 4. The van der Waals surface area contributed by atoms with E-state index >= 15 is 0 Å². The molecule has 6 heteroatoms. The third kappa shape index (κ3) is 6.17. The summed E-state index contributed by atoms with van der Waals surface area (Å²) in [5, 5.41) is 0. The molecule has 0 amide bonds. The minimum Gasteiger partial charge on any atom is -0.493 e. The third-order valence-electron chi connectivity index (χ3n) is 9.31. The van der Waals surface area contributed by atoms with Gasteiger partial charge in [0.2, 0.25) is 0 Å². The van der Waals surface area contributed by atoms with Gasteiger partial charge in [0, 0.05) is 33.4 Å². The fraction of sp³-hybridized carbons (Fsp3) is 0.300. The molecule has 0 saturated heterocycles. The summed E-state index contributed by atoms with van der Waals surface area (Å²) in [5.41, 5.74) is 10.2. The Morgan fingerprint density at radius 3 is 1.28 bits per heavy atom. The zero-order valence-electron chi connectivity index (χ0n) is 26.0. The van der Waals surface area contributed by atoms with Crippen LogP contribution in [0.25, 0.3) is 22.3 Å². The number of unbranched alkanes of at least 4 members (excludes halogenated alkanes) is 3. The van der Waals surface area contributed by atoms with Crippen molar-refractivity contribution in [3.05, 3.63) is 105 Å². The second kappa shape index (κ2) is 14.5. The Bertz CT molecular complexity index is 1650.